The molecule has 3 aliphatic rings. The number of nitrogens with zero attached hydrogens (tertiary/aromatic N) is 1. The fourth-order valence-corrected chi connectivity index (χ4v) is 12.4. The van der Waals surface area contributed by atoms with Crippen molar-refractivity contribution in [1.82, 2.24) is 36.8 Å². The lowest BCUT2D eigenvalue weighted by Gasteiger charge is -2.30. The molecule has 0 radical (unpaired) electrons. The molecule has 25 nitrogen and oxygen atoms in total. The fraction of sp³-hybridized carbons (Fsp3) is 0.373. The number of nitrogens with two attached hydrogens (primary N) is 1. The number of carbonyl (C=O) groups is 9. The number of sulfone groups is 1. The van der Waals surface area contributed by atoms with E-state index in [1.54, 1.807) is 13.8 Å². The lowest BCUT2D eigenvalue weighted by molar-refractivity contribution is -0.172. The van der Waals surface area contributed by atoms with Gasteiger partial charge in [0.2, 0.25) is 35.4 Å². The van der Waals surface area contributed by atoms with Crippen LogP contribution in [0, 0.1) is 5.92 Å². The summed E-state index contributed by atoms with van der Waals surface area (Å²) in [6.45, 7) is 13.6. The van der Waals surface area contributed by atoms with Crippen molar-refractivity contribution < 1.29 is 73.9 Å². The first-order chi connectivity index (χ1) is 40.6. The molecule has 86 heavy (non-hydrogen) atoms. The molecule has 6 unspecified atom stereocenters. The van der Waals surface area contributed by atoms with Crippen LogP contribution in [0.25, 0.3) is 11.1 Å². The van der Waals surface area contributed by atoms with Gasteiger partial charge in [0.25, 0.3) is 0 Å². The number of Topliss-reactive ketones (excluding diaryl/α,β-unsaturated/α-hetero) is 2. The van der Waals surface area contributed by atoms with E-state index in [-0.39, 0.29) is 58.5 Å². The Morgan fingerprint density at radius 2 is 1.33 bits per heavy atom. The zero-order valence-corrected chi connectivity index (χ0v) is 50.2. The van der Waals surface area contributed by atoms with Crippen LogP contribution in [0.5, 0.6) is 0 Å². The van der Waals surface area contributed by atoms with E-state index in [2.05, 4.69) is 53.0 Å². The molecule has 0 saturated carbocycles. The number of ether oxygens (including phenoxy) is 1. The first kappa shape index (κ1) is 64.8. The molecule has 7 amide bonds. The topological polar surface area (TPSA) is 363 Å². The number of nitrogens with one attached hydrogen (secondary N) is 7. The smallest absolute Gasteiger partial charge is 0.407 e. The fourth-order valence-electron chi connectivity index (χ4n) is 10.3. The quantitative estimate of drug-likeness (QED) is 0.0282. The molecule has 0 aromatic heterocycles. The van der Waals surface area contributed by atoms with E-state index in [1.165, 1.54) is 63.8 Å². The van der Waals surface area contributed by atoms with Crippen molar-refractivity contribution in [1.29, 1.82) is 0 Å². The van der Waals surface area contributed by atoms with Gasteiger partial charge in [0.15, 0.2) is 21.4 Å². The van der Waals surface area contributed by atoms with Gasteiger partial charge in [-0.25, -0.2) is 18.1 Å². The Kier molecular flexibility index (Phi) is 20.4. The second-order valence-corrected chi connectivity index (χ2v) is 24.8. The predicted molar refractivity (Wildman–Crippen MR) is 314 cm³/mol. The summed E-state index contributed by atoms with van der Waals surface area (Å²) < 4.78 is 63.2. The van der Waals surface area contributed by atoms with Crippen LogP contribution in [-0.2, 0) is 62.7 Å². The van der Waals surface area contributed by atoms with Crippen LogP contribution in [0.2, 0.25) is 0 Å². The van der Waals surface area contributed by atoms with Crippen molar-refractivity contribution in [3.63, 3.8) is 0 Å². The minimum atomic E-state index is -4.77. The standard InChI is InChI=1S/C59H69N9O16S2/c1-10-38-31(4)51(69)47-44(28-46(86(80,81)84-82-9)49(60)48(47)52(38)70)66-36-17-15-18-37(27-36)85(78,79)26-24-61-53(71)32(5)62-54(72)33(6)63-57(75)50(30(2)3)67-56(74)45-23-16-25-68(45)58(76)35(8)64-55(73)34(7)65-59(77)83-29-43-41-21-13-11-19-39(41)40-20-12-14-22-42(40)43/h10-15,17-22,27-28,30,32-35,43,45,50,66H,1,16,23-26,29,60H2,2-9H3,(H,61,71)(H,62,72)(H,63,75)(H,64,73)(H,65,77)(H,67,74). The maximum atomic E-state index is 13.8. The number of hydrogen-bond donors (Lipinski definition) is 8. The van der Waals surface area contributed by atoms with Crippen molar-refractivity contribution in [3.05, 3.63) is 125 Å². The summed E-state index contributed by atoms with van der Waals surface area (Å²) >= 11 is 0. The number of carbonyl (C=O) groups excluding carboxylic acids is 9. The van der Waals surface area contributed by atoms with E-state index in [9.17, 15) is 60.0 Å². The lowest BCUT2D eigenvalue weighted by Crippen LogP contribution is -2.59. The number of likely N-dealkylation sites (tertiary alicyclic amines) is 1. The summed E-state index contributed by atoms with van der Waals surface area (Å²) in [6, 6.07) is 15.0. The number of rotatable bonds is 24. The maximum Gasteiger partial charge on any atom is 0.407 e. The molecule has 4 aromatic rings. The van der Waals surface area contributed by atoms with E-state index in [4.69, 9.17) is 10.5 Å². The van der Waals surface area contributed by atoms with Gasteiger partial charge < -0.3 is 52.6 Å². The lowest BCUT2D eigenvalue weighted by atomic mass is 9.82. The molecule has 4 aromatic carbocycles. The number of ketones is 2. The van der Waals surface area contributed by atoms with Gasteiger partial charge in [-0.05, 0) is 99.9 Å². The molecule has 0 bridgehead atoms. The summed E-state index contributed by atoms with van der Waals surface area (Å²) in [4.78, 5) is 126. The van der Waals surface area contributed by atoms with Gasteiger partial charge in [-0.2, -0.15) is 8.42 Å². The highest BCUT2D eigenvalue weighted by molar-refractivity contribution is 7.91. The summed E-state index contributed by atoms with van der Waals surface area (Å²) in [5, 5.41) is 18.1. The molecule has 1 heterocycles. The van der Waals surface area contributed by atoms with Gasteiger partial charge in [0.05, 0.1) is 40.3 Å². The van der Waals surface area contributed by atoms with Gasteiger partial charge >= 0.3 is 16.2 Å². The second-order valence-electron chi connectivity index (χ2n) is 21.2. The molecule has 1 aliphatic heterocycles. The average Bonchev–Trinajstić information content (AvgIpc) is 1.31. The number of benzene rings is 4. The molecule has 1 saturated heterocycles. The molecule has 458 valence electrons. The zero-order chi connectivity index (χ0) is 63.1. The van der Waals surface area contributed by atoms with Gasteiger partial charge in [0.1, 0.15) is 47.8 Å². The molecule has 9 N–H and O–H groups in total. The van der Waals surface area contributed by atoms with Crippen LogP contribution < -0.4 is 43.0 Å². The Balaban J connectivity index is 0.873. The Labute approximate surface area is 497 Å². The molecule has 1 fully saturated rings. The molecule has 27 heteroatoms. The van der Waals surface area contributed by atoms with E-state index >= 15 is 0 Å². The number of alkyl carbamates (subject to hydrolysis) is 1. The highest BCUT2D eigenvalue weighted by Crippen LogP contribution is 2.45. The minimum absolute atomic E-state index is 0.00406. The van der Waals surface area contributed by atoms with Crippen LogP contribution >= 0.6 is 0 Å². The third kappa shape index (κ3) is 14.1. The van der Waals surface area contributed by atoms with Crippen LogP contribution in [0.1, 0.15) is 99.1 Å². The normalized spacial score (nSPS) is 16.5. The number of hydrogen-bond acceptors (Lipinski definition) is 18. The van der Waals surface area contributed by atoms with Crippen molar-refractivity contribution >= 4 is 90.1 Å². The van der Waals surface area contributed by atoms with Crippen molar-refractivity contribution in [2.24, 2.45) is 5.92 Å². The Bertz CT molecular complexity index is 3640. The van der Waals surface area contributed by atoms with Crippen LogP contribution in [-0.4, -0.2) is 144 Å². The number of fused-ring (bicyclic) bond motifs is 4. The third-order valence-corrected chi connectivity index (χ3v) is 17.8. The highest BCUT2D eigenvalue weighted by Gasteiger charge is 2.40. The van der Waals surface area contributed by atoms with Crippen LogP contribution in [0.15, 0.2) is 112 Å². The van der Waals surface area contributed by atoms with Crippen molar-refractivity contribution in [2.45, 2.75) is 113 Å². The highest BCUT2D eigenvalue weighted by atomic mass is 32.2. The average molecular weight is 1220 g/mol. The largest absolute Gasteiger partial charge is 0.449 e. The third-order valence-electron chi connectivity index (χ3n) is 14.9. The number of nitrogen functional groups attached to an aromatic ring is 1. The molecule has 7 rings (SSSR count). The van der Waals surface area contributed by atoms with Gasteiger partial charge in [-0.1, -0.05) is 81.1 Å². The van der Waals surface area contributed by atoms with E-state index < -0.39 is 144 Å². The number of anilines is 3. The predicted octanol–water partition coefficient (Wildman–Crippen LogP) is 3.62. The molecule has 0 spiro atoms. The second kappa shape index (κ2) is 27.1. The molecule has 6 atom stereocenters. The van der Waals surface area contributed by atoms with Gasteiger partial charge in [-0.15, -0.1) is 4.33 Å². The monoisotopic (exact) mass is 1220 g/mol. The van der Waals surface area contributed by atoms with E-state index in [0.29, 0.717) is 6.42 Å². The minimum Gasteiger partial charge on any atom is -0.449 e. The first-order valence-corrected chi connectivity index (χ1v) is 30.6. The SMILES string of the molecule is C=CC1=C(C)C(=O)c2c(Nc3cccc(S(=O)(=O)CCNC(=O)C(C)NC(=O)C(C)NC(=O)C(NC(=O)C4CCCN4C(=O)C(C)NC(=O)C(C)NC(=O)OCC4c5ccccc5-c5ccccc54)C(C)C)c3)cc(S(=O)(=O)OOC)c(N)c2C1=O. The summed E-state index contributed by atoms with van der Waals surface area (Å²) in [5.41, 5.74) is 8.67. The zero-order valence-electron chi connectivity index (χ0n) is 48.5. The summed E-state index contributed by atoms with van der Waals surface area (Å²) in [6.07, 6.45) is 1.01. The van der Waals surface area contributed by atoms with Crippen molar-refractivity contribution in [3.8, 4) is 11.1 Å². The van der Waals surface area contributed by atoms with Gasteiger partial charge in [0, 0.05) is 35.8 Å². The maximum absolute atomic E-state index is 13.8. The van der Waals surface area contributed by atoms with Crippen LogP contribution in [0.3, 0.4) is 0 Å². The van der Waals surface area contributed by atoms with E-state index in [0.717, 1.165) is 41.5 Å². The van der Waals surface area contributed by atoms with Crippen molar-refractivity contribution in [2.75, 3.05) is 43.6 Å². The Hall–Kier alpha value is -8.79. The first-order valence-electron chi connectivity index (χ1n) is 27.5. The van der Waals surface area contributed by atoms with Gasteiger partial charge in [-0.3, -0.25) is 38.4 Å². The number of amides is 7. The molecular weight excluding hydrogens is 1150 g/mol. The summed E-state index contributed by atoms with van der Waals surface area (Å²) in [5.74, 6) is -7.04. The Morgan fingerprint density at radius 1 is 0.733 bits per heavy atom. The molecule has 2 aliphatic carbocycles. The summed E-state index contributed by atoms with van der Waals surface area (Å²) in [7, 11) is -8.02. The molecular formula is C59H69N9O16S2. The Morgan fingerprint density at radius 3 is 1.94 bits per heavy atom. The van der Waals surface area contributed by atoms with E-state index in [1.807, 2.05) is 48.5 Å². The number of allylic oxidation sites excluding steroid dienone is 3. The van der Waals surface area contributed by atoms with Crippen LogP contribution in [0.4, 0.5) is 21.9 Å².